The van der Waals surface area contributed by atoms with E-state index in [9.17, 15) is 4.79 Å². The van der Waals surface area contributed by atoms with Crippen LogP contribution in [0.4, 0.5) is 4.79 Å². The Hall–Kier alpha value is -1.53. The minimum atomic E-state index is -0.374. The van der Waals surface area contributed by atoms with Crippen molar-refractivity contribution in [1.29, 1.82) is 0 Å². The van der Waals surface area contributed by atoms with E-state index < -0.39 is 0 Å². The molecule has 0 aliphatic carbocycles. The van der Waals surface area contributed by atoms with Crippen molar-refractivity contribution in [1.82, 2.24) is 4.90 Å². The standard InChI is InChI=1S/C21H34BNO4/c1-8-10-15-25-19(24)23(7)18(9-2)16-11-13-17(14-12-16)22-26-20(3,4)21(5,6)27-22/h11-14,18H,8-10,15H2,1-7H3. The molecular formula is C21H34BNO4. The third-order valence-electron chi connectivity index (χ3n) is 5.71. The van der Waals surface area contributed by atoms with E-state index in [-0.39, 0.29) is 30.5 Å². The van der Waals surface area contributed by atoms with E-state index >= 15 is 0 Å². The van der Waals surface area contributed by atoms with E-state index in [0.717, 1.165) is 30.3 Å². The van der Waals surface area contributed by atoms with Gasteiger partial charge >= 0.3 is 13.2 Å². The Morgan fingerprint density at radius 3 is 2.15 bits per heavy atom. The second kappa shape index (κ2) is 8.66. The second-order valence-corrected chi connectivity index (χ2v) is 8.26. The Morgan fingerprint density at radius 1 is 1.11 bits per heavy atom. The lowest BCUT2D eigenvalue weighted by molar-refractivity contribution is 0.00578. The Balaban J connectivity index is 2.07. The molecule has 1 atom stereocenters. The molecule has 0 radical (unpaired) electrons. The van der Waals surface area contributed by atoms with E-state index in [4.69, 9.17) is 14.0 Å². The zero-order chi connectivity index (χ0) is 20.2. The fourth-order valence-electron chi connectivity index (χ4n) is 3.12. The van der Waals surface area contributed by atoms with E-state index in [1.165, 1.54) is 0 Å². The maximum atomic E-state index is 12.3. The Morgan fingerprint density at radius 2 is 1.67 bits per heavy atom. The average molecular weight is 375 g/mol. The van der Waals surface area contributed by atoms with Crippen LogP contribution in [0, 0.1) is 0 Å². The molecule has 0 spiro atoms. The molecule has 0 bridgehead atoms. The molecule has 150 valence electrons. The third kappa shape index (κ3) is 4.85. The first kappa shape index (κ1) is 21.8. The molecule has 1 aliphatic heterocycles. The van der Waals surface area contributed by atoms with Crippen molar-refractivity contribution in [3.8, 4) is 0 Å². The normalized spacial score (nSPS) is 19.0. The van der Waals surface area contributed by atoms with Gasteiger partial charge in [0.2, 0.25) is 0 Å². The van der Waals surface area contributed by atoms with Crippen molar-refractivity contribution < 1.29 is 18.8 Å². The lowest BCUT2D eigenvalue weighted by atomic mass is 9.78. The molecule has 1 heterocycles. The van der Waals surface area contributed by atoms with E-state index in [0.29, 0.717) is 6.61 Å². The number of ether oxygens (including phenoxy) is 1. The van der Waals surface area contributed by atoms with Crippen LogP contribution in [0.25, 0.3) is 0 Å². The summed E-state index contributed by atoms with van der Waals surface area (Å²) in [4.78, 5) is 14.0. The molecule has 1 fully saturated rings. The number of unbranched alkanes of at least 4 members (excludes halogenated alkanes) is 1. The minimum Gasteiger partial charge on any atom is -0.449 e. The lowest BCUT2D eigenvalue weighted by Crippen LogP contribution is -2.41. The molecular weight excluding hydrogens is 341 g/mol. The van der Waals surface area contributed by atoms with Crippen molar-refractivity contribution in [2.24, 2.45) is 0 Å². The van der Waals surface area contributed by atoms with Crippen LogP contribution in [0.5, 0.6) is 0 Å². The summed E-state index contributed by atoms with van der Waals surface area (Å²) >= 11 is 0. The first-order valence-electron chi connectivity index (χ1n) is 9.98. The largest absolute Gasteiger partial charge is 0.494 e. The van der Waals surface area contributed by atoms with Crippen molar-refractivity contribution >= 4 is 18.7 Å². The van der Waals surface area contributed by atoms with Gasteiger partial charge in [0.25, 0.3) is 0 Å². The van der Waals surface area contributed by atoms with E-state index in [2.05, 4.69) is 13.8 Å². The SMILES string of the molecule is CCCCOC(=O)N(C)C(CC)c1ccc(B2OC(C)(C)C(C)(C)O2)cc1. The van der Waals surface area contributed by atoms with Gasteiger partial charge in [-0.3, -0.25) is 0 Å². The number of hydrogen-bond acceptors (Lipinski definition) is 4. The van der Waals surface area contributed by atoms with Gasteiger partial charge in [-0.1, -0.05) is 44.5 Å². The highest BCUT2D eigenvalue weighted by Crippen LogP contribution is 2.36. The fraction of sp³-hybridized carbons (Fsp3) is 0.667. The summed E-state index contributed by atoms with van der Waals surface area (Å²) in [7, 11) is 1.42. The maximum Gasteiger partial charge on any atom is 0.494 e. The number of hydrogen-bond donors (Lipinski definition) is 0. The number of rotatable bonds is 7. The van der Waals surface area contributed by atoms with Gasteiger partial charge in [0, 0.05) is 7.05 Å². The van der Waals surface area contributed by atoms with Crippen molar-refractivity contribution in [3.63, 3.8) is 0 Å². The first-order valence-corrected chi connectivity index (χ1v) is 9.98. The predicted molar refractivity (Wildman–Crippen MR) is 109 cm³/mol. The highest BCUT2D eigenvalue weighted by molar-refractivity contribution is 6.62. The van der Waals surface area contributed by atoms with Crippen molar-refractivity contribution in [3.05, 3.63) is 29.8 Å². The van der Waals surface area contributed by atoms with Gasteiger partial charge in [0.05, 0.1) is 23.9 Å². The van der Waals surface area contributed by atoms with Crippen molar-refractivity contribution in [2.45, 2.75) is 78.0 Å². The molecule has 1 saturated heterocycles. The molecule has 1 aromatic carbocycles. The van der Waals surface area contributed by atoms with Crippen LogP contribution in [-0.2, 0) is 14.0 Å². The number of nitrogens with zero attached hydrogens (tertiary/aromatic N) is 1. The van der Waals surface area contributed by atoms with E-state index in [1.807, 2.05) is 52.0 Å². The van der Waals surface area contributed by atoms with Gasteiger partial charge in [0.1, 0.15) is 0 Å². The van der Waals surface area contributed by atoms with Crippen LogP contribution in [0.2, 0.25) is 0 Å². The van der Waals surface area contributed by atoms with Gasteiger partial charge in [-0.25, -0.2) is 4.79 Å². The summed E-state index contributed by atoms with van der Waals surface area (Å²) in [6, 6.07) is 8.12. The zero-order valence-electron chi connectivity index (χ0n) is 17.9. The maximum absolute atomic E-state index is 12.3. The molecule has 27 heavy (non-hydrogen) atoms. The molecule has 0 N–H and O–H groups in total. The van der Waals surface area contributed by atoms with Crippen molar-refractivity contribution in [2.75, 3.05) is 13.7 Å². The Labute approximate surface area is 164 Å². The summed E-state index contributed by atoms with van der Waals surface area (Å²) in [5.74, 6) is 0. The van der Waals surface area contributed by atoms with Gasteiger partial charge in [-0.05, 0) is 51.6 Å². The molecule has 1 aliphatic rings. The van der Waals surface area contributed by atoms with Crippen LogP contribution in [0.3, 0.4) is 0 Å². The zero-order valence-corrected chi connectivity index (χ0v) is 17.9. The molecule has 6 heteroatoms. The van der Waals surface area contributed by atoms with E-state index in [1.54, 1.807) is 11.9 Å². The second-order valence-electron chi connectivity index (χ2n) is 8.26. The van der Waals surface area contributed by atoms with Crippen LogP contribution < -0.4 is 5.46 Å². The number of benzene rings is 1. The summed E-state index contributed by atoms with van der Waals surface area (Å²) in [5.41, 5.74) is 1.35. The lowest BCUT2D eigenvalue weighted by Gasteiger charge is -2.32. The summed E-state index contributed by atoms with van der Waals surface area (Å²) in [6.07, 6.45) is 2.44. The smallest absolute Gasteiger partial charge is 0.449 e. The van der Waals surface area contributed by atoms with Gasteiger partial charge < -0.3 is 18.9 Å². The average Bonchev–Trinajstić information content (AvgIpc) is 2.84. The minimum absolute atomic E-state index is 0.0218. The van der Waals surface area contributed by atoms with Crippen LogP contribution in [0.1, 0.15) is 72.4 Å². The summed E-state index contributed by atoms with van der Waals surface area (Å²) in [6.45, 7) is 12.8. The molecule has 1 aromatic rings. The Bertz CT molecular complexity index is 614. The number of carbonyl (C=O) groups excluding carboxylic acids is 1. The molecule has 1 unspecified atom stereocenters. The predicted octanol–water partition coefficient (Wildman–Crippen LogP) is 4.31. The van der Waals surface area contributed by atoms with Crippen LogP contribution in [-0.4, -0.2) is 43.0 Å². The summed E-state index contributed by atoms with van der Waals surface area (Å²) < 4.78 is 17.6. The molecule has 0 saturated carbocycles. The van der Waals surface area contributed by atoms with Gasteiger partial charge in [0.15, 0.2) is 0 Å². The molecule has 1 amide bonds. The molecule has 2 rings (SSSR count). The molecule has 0 aromatic heterocycles. The topological polar surface area (TPSA) is 48.0 Å². The van der Waals surface area contributed by atoms with Crippen LogP contribution in [0.15, 0.2) is 24.3 Å². The third-order valence-corrected chi connectivity index (χ3v) is 5.71. The monoisotopic (exact) mass is 375 g/mol. The number of amides is 1. The summed E-state index contributed by atoms with van der Waals surface area (Å²) in [5, 5.41) is 0. The quantitative estimate of drug-likeness (QED) is 0.527. The number of carbonyl (C=O) groups is 1. The molecule has 5 nitrogen and oxygen atoms in total. The highest BCUT2D eigenvalue weighted by atomic mass is 16.7. The Kier molecular flexibility index (Phi) is 6.98. The highest BCUT2D eigenvalue weighted by Gasteiger charge is 2.51. The first-order chi connectivity index (χ1) is 12.6. The van der Waals surface area contributed by atoms with Crippen LogP contribution >= 0.6 is 0 Å². The van der Waals surface area contributed by atoms with Gasteiger partial charge in [-0.2, -0.15) is 0 Å². The van der Waals surface area contributed by atoms with Gasteiger partial charge in [-0.15, -0.1) is 0 Å². The fourth-order valence-corrected chi connectivity index (χ4v) is 3.12.